The fourth-order valence-electron chi connectivity index (χ4n) is 3.57. The first-order valence-corrected chi connectivity index (χ1v) is 10.1. The molecule has 4 rings (SSSR count). The molecular weight excluding hydrogens is 392 g/mol. The summed E-state index contributed by atoms with van der Waals surface area (Å²) in [6, 6.07) is 21.4. The largest absolute Gasteiger partial charge is 0.449 e. The van der Waals surface area contributed by atoms with Gasteiger partial charge in [-0.05, 0) is 48.6 Å². The number of ether oxygens (including phenoxy) is 2. The standard InChI is InChI=1S/C25H22N2O4/c1-3-30-24(28)27(25(29)31-4-2)23-15-18(17-10-6-5-7-11-17)14-20-19-12-8-9-13-22(19)26-16-21(20)23/h5-16H,3-4H2,1-2H3. The van der Waals surface area contributed by atoms with E-state index < -0.39 is 12.2 Å². The minimum Gasteiger partial charge on any atom is -0.449 e. The normalized spacial score (nSPS) is 10.8. The van der Waals surface area contributed by atoms with Crippen molar-refractivity contribution in [3.05, 3.63) is 72.9 Å². The van der Waals surface area contributed by atoms with E-state index >= 15 is 0 Å². The lowest BCUT2D eigenvalue weighted by Crippen LogP contribution is -2.38. The molecule has 6 heteroatoms. The van der Waals surface area contributed by atoms with Gasteiger partial charge in [0.2, 0.25) is 0 Å². The molecule has 0 aliphatic carbocycles. The lowest BCUT2D eigenvalue weighted by Gasteiger charge is -2.22. The maximum Gasteiger partial charge on any atom is 0.424 e. The highest BCUT2D eigenvalue weighted by Crippen LogP contribution is 2.36. The van der Waals surface area contributed by atoms with Gasteiger partial charge in [-0.2, -0.15) is 4.90 Å². The number of fused-ring (bicyclic) bond motifs is 3. The molecule has 0 unspecified atom stereocenters. The van der Waals surface area contributed by atoms with Crippen LogP contribution < -0.4 is 4.90 Å². The molecule has 0 bridgehead atoms. The number of para-hydroxylation sites is 1. The molecule has 0 fully saturated rings. The van der Waals surface area contributed by atoms with E-state index in [0.717, 1.165) is 32.3 Å². The van der Waals surface area contributed by atoms with Gasteiger partial charge in [-0.25, -0.2) is 9.59 Å². The fraction of sp³-hybridized carbons (Fsp3) is 0.160. The van der Waals surface area contributed by atoms with Crippen LogP contribution in [0.4, 0.5) is 15.3 Å². The summed E-state index contributed by atoms with van der Waals surface area (Å²) in [5.41, 5.74) is 3.01. The van der Waals surface area contributed by atoms with Crippen molar-refractivity contribution in [2.75, 3.05) is 18.1 Å². The summed E-state index contributed by atoms with van der Waals surface area (Å²) in [6.45, 7) is 3.64. The molecule has 0 aliphatic rings. The van der Waals surface area contributed by atoms with Crippen molar-refractivity contribution in [2.24, 2.45) is 0 Å². The van der Waals surface area contributed by atoms with Crippen LogP contribution in [0.25, 0.3) is 32.8 Å². The third-order valence-corrected chi connectivity index (χ3v) is 4.93. The van der Waals surface area contributed by atoms with Crippen LogP contribution in [0.15, 0.2) is 72.9 Å². The SMILES string of the molecule is CCOC(=O)N(C(=O)OCC)c1cc(-c2ccccc2)cc2c1cnc1ccccc12. The number of anilines is 1. The number of imide groups is 1. The fourth-order valence-corrected chi connectivity index (χ4v) is 3.57. The minimum atomic E-state index is -0.791. The average Bonchev–Trinajstić information content (AvgIpc) is 2.80. The van der Waals surface area contributed by atoms with Crippen LogP contribution in [-0.4, -0.2) is 30.4 Å². The van der Waals surface area contributed by atoms with Crippen molar-refractivity contribution in [3.63, 3.8) is 0 Å². The first kappa shape index (κ1) is 20.3. The van der Waals surface area contributed by atoms with Crippen LogP contribution >= 0.6 is 0 Å². The van der Waals surface area contributed by atoms with Gasteiger partial charge in [0.15, 0.2) is 0 Å². The van der Waals surface area contributed by atoms with Crippen molar-refractivity contribution in [1.82, 2.24) is 4.98 Å². The average molecular weight is 414 g/mol. The van der Waals surface area contributed by atoms with E-state index in [2.05, 4.69) is 4.98 Å². The Morgan fingerprint density at radius 2 is 1.42 bits per heavy atom. The van der Waals surface area contributed by atoms with Crippen molar-refractivity contribution >= 4 is 39.5 Å². The van der Waals surface area contributed by atoms with Crippen molar-refractivity contribution in [3.8, 4) is 11.1 Å². The molecule has 0 saturated carbocycles. The zero-order valence-electron chi connectivity index (χ0n) is 17.4. The quantitative estimate of drug-likeness (QED) is 0.373. The number of benzene rings is 3. The number of amides is 2. The van der Waals surface area contributed by atoms with Gasteiger partial charge in [0.25, 0.3) is 0 Å². The Balaban J connectivity index is 2.05. The molecule has 0 spiro atoms. The summed E-state index contributed by atoms with van der Waals surface area (Å²) in [7, 11) is 0. The number of hydrogen-bond donors (Lipinski definition) is 0. The van der Waals surface area contributed by atoms with Gasteiger partial charge in [-0.15, -0.1) is 0 Å². The Morgan fingerprint density at radius 1 is 0.774 bits per heavy atom. The molecule has 4 aromatic rings. The number of hydrogen-bond acceptors (Lipinski definition) is 5. The molecule has 0 saturated heterocycles. The van der Waals surface area contributed by atoms with E-state index in [1.165, 1.54) is 0 Å². The Morgan fingerprint density at radius 3 is 2.10 bits per heavy atom. The number of pyridine rings is 1. The van der Waals surface area contributed by atoms with Gasteiger partial charge in [0.1, 0.15) is 0 Å². The van der Waals surface area contributed by atoms with E-state index in [1.807, 2.05) is 60.7 Å². The van der Waals surface area contributed by atoms with Crippen molar-refractivity contribution < 1.29 is 19.1 Å². The zero-order valence-corrected chi connectivity index (χ0v) is 17.4. The second kappa shape index (κ2) is 8.83. The highest BCUT2D eigenvalue weighted by atomic mass is 16.6. The summed E-state index contributed by atoms with van der Waals surface area (Å²) in [5.74, 6) is 0. The Bertz CT molecular complexity index is 1240. The molecular formula is C25H22N2O4. The van der Waals surface area contributed by atoms with Gasteiger partial charge >= 0.3 is 12.2 Å². The molecule has 0 atom stereocenters. The molecule has 3 aromatic carbocycles. The number of rotatable bonds is 4. The smallest absolute Gasteiger partial charge is 0.424 e. The van der Waals surface area contributed by atoms with Crippen LogP contribution in [0.1, 0.15) is 13.8 Å². The predicted octanol–water partition coefficient (Wildman–Crippen LogP) is 6.17. The number of carbonyl (C=O) groups is 2. The third kappa shape index (κ3) is 3.92. The van der Waals surface area contributed by atoms with Crippen LogP contribution in [0.5, 0.6) is 0 Å². The van der Waals surface area contributed by atoms with Crippen LogP contribution in [0.3, 0.4) is 0 Å². The number of carbonyl (C=O) groups excluding carboxylic acids is 2. The van der Waals surface area contributed by atoms with E-state index in [-0.39, 0.29) is 13.2 Å². The maximum atomic E-state index is 12.8. The second-order valence-corrected chi connectivity index (χ2v) is 6.83. The van der Waals surface area contributed by atoms with Crippen molar-refractivity contribution in [1.29, 1.82) is 0 Å². The molecule has 156 valence electrons. The lowest BCUT2D eigenvalue weighted by atomic mass is 9.98. The number of aromatic nitrogens is 1. The summed E-state index contributed by atoms with van der Waals surface area (Å²) < 4.78 is 10.3. The van der Waals surface area contributed by atoms with Gasteiger partial charge < -0.3 is 9.47 Å². The van der Waals surface area contributed by atoms with Crippen molar-refractivity contribution in [2.45, 2.75) is 13.8 Å². The zero-order chi connectivity index (χ0) is 21.8. The van der Waals surface area contributed by atoms with Crippen LogP contribution in [-0.2, 0) is 9.47 Å². The first-order chi connectivity index (χ1) is 15.1. The summed E-state index contributed by atoms with van der Waals surface area (Å²) in [6.07, 6.45) is 0.0916. The molecule has 0 aliphatic heterocycles. The lowest BCUT2D eigenvalue weighted by molar-refractivity contribution is 0.140. The second-order valence-electron chi connectivity index (χ2n) is 6.83. The molecule has 31 heavy (non-hydrogen) atoms. The Labute approximate surface area is 180 Å². The van der Waals surface area contributed by atoms with Crippen LogP contribution in [0, 0.1) is 0 Å². The molecule has 2 amide bonds. The van der Waals surface area contributed by atoms with Gasteiger partial charge in [-0.1, -0.05) is 48.5 Å². The highest BCUT2D eigenvalue weighted by Gasteiger charge is 2.29. The Hall–Kier alpha value is -3.93. The highest BCUT2D eigenvalue weighted by molar-refractivity contribution is 6.19. The topological polar surface area (TPSA) is 68.7 Å². The van der Waals surface area contributed by atoms with E-state index in [4.69, 9.17) is 9.47 Å². The minimum absolute atomic E-state index is 0.131. The maximum absolute atomic E-state index is 12.8. The molecule has 0 N–H and O–H groups in total. The van der Waals surface area contributed by atoms with Gasteiger partial charge in [0, 0.05) is 17.0 Å². The Kier molecular flexibility index (Phi) is 5.80. The molecule has 0 radical (unpaired) electrons. The van der Waals surface area contributed by atoms with Gasteiger partial charge in [-0.3, -0.25) is 4.98 Å². The summed E-state index contributed by atoms with van der Waals surface area (Å²) >= 11 is 0. The molecule has 1 aromatic heterocycles. The van der Waals surface area contributed by atoms with E-state index in [9.17, 15) is 9.59 Å². The first-order valence-electron chi connectivity index (χ1n) is 10.1. The van der Waals surface area contributed by atoms with E-state index in [0.29, 0.717) is 11.1 Å². The summed E-state index contributed by atoms with van der Waals surface area (Å²) in [5, 5.41) is 2.45. The number of nitrogens with zero attached hydrogens (tertiary/aromatic N) is 2. The van der Waals surface area contributed by atoms with Gasteiger partial charge in [0.05, 0.1) is 24.4 Å². The molecule has 1 heterocycles. The molecule has 6 nitrogen and oxygen atoms in total. The van der Waals surface area contributed by atoms with E-state index in [1.54, 1.807) is 26.1 Å². The monoisotopic (exact) mass is 414 g/mol. The third-order valence-electron chi connectivity index (χ3n) is 4.93. The summed E-state index contributed by atoms with van der Waals surface area (Å²) in [4.78, 5) is 31.1. The predicted molar refractivity (Wildman–Crippen MR) is 121 cm³/mol. The van der Waals surface area contributed by atoms with Crippen LogP contribution in [0.2, 0.25) is 0 Å².